The number of rotatable bonds is 2. The quantitative estimate of drug-likeness (QED) is 0.848. The Morgan fingerprint density at radius 1 is 1.25 bits per heavy atom. The zero-order chi connectivity index (χ0) is 16.7. The third kappa shape index (κ3) is 2.68. The van der Waals surface area contributed by atoms with E-state index in [1.807, 2.05) is 6.07 Å². The summed E-state index contributed by atoms with van der Waals surface area (Å²) in [4.78, 5) is 22.8. The lowest BCUT2D eigenvalue weighted by Crippen LogP contribution is -2.47. The molecule has 126 valence electrons. The summed E-state index contributed by atoms with van der Waals surface area (Å²) >= 11 is 0. The highest BCUT2D eigenvalue weighted by Gasteiger charge is 2.49. The van der Waals surface area contributed by atoms with E-state index in [2.05, 4.69) is 9.97 Å². The highest BCUT2D eigenvalue weighted by Crippen LogP contribution is 2.43. The average molecular weight is 333 g/mol. The Kier molecular flexibility index (Phi) is 3.58. The average Bonchev–Trinajstić information content (AvgIpc) is 2.98. The monoisotopic (exact) mass is 333 g/mol. The van der Waals surface area contributed by atoms with Gasteiger partial charge in [0.1, 0.15) is 6.33 Å². The molecule has 0 aromatic carbocycles. The van der Waals surface area contributed by atoms with Gasteiger partial charge in [-0.2, -0.15) is 0 Å². The van der Waals surface area contributed by atoms with Crippen LogP contribution < -0.4 is 0 Å². The molecule has 1 fully saturated rings. The zero-order valence-electron chi connectivity index (χ0n) is 13.0. The molecule has 2 aromatic heterocycles. The molecule has 2 aromatic rings. The maximum Gasteiger partial charge on any atom is 0.249 e. The summed E-state index contributed by atoms with van der Waals surface area (Å²) in [6.07, 6.45) is 5.32. The van der Waals surface area contributed by atoms with Crippen LogP contribution in [0.2, 0.25) is 0 Å². The van der Waals surface area contributed by atoms with Crippen molar-refractivity contribution < 1.29 is 18.0 Å². The van der Waals surface area contributed by atoms with Crippen molar-refractivity contribution in [3.05, 3.63) is 36.2 Å². The molecule has 1 aliphatic heterocycles. The first kappa shape index (κ1) is 15.2. The lowest BCUT2D eigenvalue weighted by Gasteiger charge is -2.36. The molecule has 5 nitrogen and oxygen atoms in total. The van der Waals surface area contributed by atoms with Crippen LogP contribution in [-0.2, 0) is 17.6 Å². The molecule has 0 unspecified atom stereocenters. The Balaban J connectivity index is 1.52. The van der Waals surface area contributed by atoms with E-state index in [-0.39, 0.29) is 18.7 Å². The van der Waals surface area contributed by atoms with Crippen LogP contribution >= 0.6 is 0 Å². The number of hydrogen-bond acceptors (Lipinski definition) is 4. The number of furan rings is 1. The van der Waals surface area contributed by atoms with Crippen LogP contribution in [-0.4, -0.2) is 39.8 Å². The Bertz CT molecular complexity index is 753. The van der Waals surface area contributed by atoms with Crippen LogP contribution in [0.4, 0.5) is 8.78 Å². The van der Waals surface area contributed by atoms with E-state index in [9.17, 15) is 13.6 Å². The van der Waals surface area contributed by atoms with E-state index in [0.29, 0.717) is 25.9 Å². The first-order valence-electron chi connectivity index (χ1n) is 8.05. The number of hydrogen-bond donors (Lipinski definition) is 0. The van der Waals surface area contributed by atoms with Crippen molar-refractivity contribution in [1.29, 1.82) is 0 Å². The predicted octanol–water partition coefficient (Wildman–Crippen LogP) is 2.71. The number of aromatic nitrogens is 2. The number of fused-ring (bicyclic) bond motifs is 1. The highest BCUT2D eigenvalue weighted by atomic mass is 19.3. The predicted molar refractivity (Wildman–Crippen MR) is 81.4 cm³/mol. The van der Waals surface area contributed by atoms with Gasteiger partial charge in [-0.1, -0.05) is 0 Å². The normalized spacial score (nSPS) is 20.2. The van der Waals surface area contributed by atoms with Gasteiger partial charge in [0.25, 0.3) is 0 Å². The summed E-state index contributed by atoms with van der Waals surface area (Å²) in [5, 5.41) is 0. The molecule has 24 heavy (non-hydrogen) atoms. The van der Waals surface area contributed by atoms with Gasteiger partial charge >= 0.3 is 0 Å². The lowest BCUT2D eigenvalue weighted by molar-refractivity contribution is -0.159. The van der Waals surface area contributed by atoms with Crippen molar-refractivity contribution >= 4 is 5.91 Å². The fourth-order valence-electron chi connectivity index (χ4n) is 3.49. The van der Waals surface area contributed by atoms with Gasteiger partial charge in [-0.05, 0) is 12.5 Å². The van der Waals surface area contributed by atoms with Gasteiger partial charge in [0.05, 0.1) is 18.2 Å². The second-order valence-electron chi connectivity index (χ2n) is 6.45. The molecule has 0 bridgehead atoms. The first-order chi connectivity index (χ1) is 11.5. The minimum Gasteiger partial charge on any atom is -0.472 e. The molecule has 1 aliphatic carbocycles. The van der Waals surface area contributed by atoms with Crippen LogP contribution in [0.3, 0.4) is 0 Å². The summed E-state index contributed by atoms with van der Waals surface area (Å²) in [5.41, 5.74) is 3.62. The summed E-state index contributed by atoms with van der Waals surface area (Å²) < 4.78 is 31.2. The molecule has 0 spiro atoms. The molecular weight excluding hydrogens is 316 g/mol. The molecule has 0 N–H and O–H groups in total. The van der Waals surface area contributed by atoms with E-state index >= 15 is 0 Å². The summed E-state index contributed by atoms with van der Waals surface area (Å²) in [7, 11) is 0. The first-order valence-corrected chi connectivity index (χ1v) is 8.05. The molecule has 1 saturated carbocycles. The van der Waals surface area contributed by atoms with Gasteiger partial charge < -0.3 is 9.32 Å². The van der Waals surface area contributed by atoms with E-state index in [4.69, 9.17) is 4.42 Å². The summed E-state index contributed by atoms with van der Waals surface area (Å²) in [6.45, 7) is 1.02. The lowest BCUT2D eigenvalue weighted by atomic mass is 9.80. The number of halogens is 2. The topological polar surface area (TPSA) is 59.2 Å². The van der Waals surface area contributed by atoms with Crippen LogP contribution in [0.15, 0.2) is 29.3 Å². The maximum atomic E-state index is 13.0. The minimum atomic E-state index is -2.67. The van der Waals surface area contributed by atoms with Gasteiger partial charge in [-0.3, -0.25) is 4.79 Å². The molecule has 7 heteroatoms. The van der Waals surface area contributed by atoms with Crippen molar-refractivity contribution in [3.63, 3.8) is 0 Å². The van der Waals surface area contributed by atoms with Gasteiger partial charge in [-0.15, -0.1) is 0 Å². The van der Waals surface area contributed by atoms with Gasteiger partial charge in [0.15, 0.2) is 0 Å². The minimum absolute atomic E-state index is 0.161. The number of nitrogens with zero attached hydrogens (tertiary/aromatic N) is 3. The highest BCUT2D eigenvalue weighted by molar-refractivity contribution is 5.80. The van der Waals surface area contributed by atoms with Gasteiger partial charge in [-0.25, -0.2) is 18.7 Å². The number of carbonyl (C=O) groups excluding carboxylic acids is 1. The van der Waals surface area contributed by atoms with Gasteiger partial charge in [0, 0.05) is 55.1 Å². The molecular formula is C17H17F2N3O2. The molecule has 3 heterocycles. The molecule has 2 aliphatic rings. The number of amides is 1. The smallest absolute Gasteiger partial charge is 0.249 e. The van der Waals surface area contributed by atoms with Crippen molar-refractivity contribution in [1.82, 2.24) is 14.9 Å². The summed E-state index contributed by atoms with van der Waals surface area (Å²) in [5.74, 6) is -3.37. The molecule has 4 rings (SSSR count). The van der Waals surface area contributed by atoms with Crippen LogP contribution in [0.1, 0.15) is 24.1 Å². The molecule has 1 amide bonds. The third-order valence-corrected chi connectivity index (χ3v) is 4.83. The molecule has 0 radical (unpaired) electrons. The fraction of sp³-hybridized carbons (Fsp3) is 0.471. The maximum absolute atomic E-state index is 13.0. The van der Waals surface area contributed by atoms with Crippen molar-refractivity contribution in [2.24, 2.45) is 5.92 Å². The van der Waals surface area contributed by atoms with E-state index in [0.717, 1.165) is 22.5 Å². The second kappa shape index (κ2) is 5.65. The Hall–Kier alpha value is -2.31. The van der Waals surface area contributed by atoms with Crippen LogP contribution in [0.25, 0.3) is 11.3 Å². The Morgan fingerprint density at radius 3 is 2.75 bits per heavy atom. The van der Waals surface area contributed by atoms with Crippen molar-refractivity contribution in [2.75, 3.05) is 13.1 Å². The Labute approximate surface area is 137 Å². The van der Waals surface area contributed by atoms with Crippen molar-refractivity contribution in [2.45, 2.75) is 31.6 Å². The second-order valence-corrected chi connectivity index (χ2v) is 6.45. The number of alkyl halides is 2. The van der Waals surface area contributed by atoms with E-state index in [1.165, 1.54) is 6.33 Å². The SMILES string of the molecule is O=C(C1CC(F)(F)C1)N1CCc2ncnc(-c3ccoc3)c2CC1. The third-order valence-electron chi connectivity index (χ3n) is 4.83. The number of carbonyl (C=O) groups is 1. The van der Waals surface area contributed by atoms with Crippen molar-refractivity contribution in [3.8, 4) is 11.3 Å². The Morgan fingerprint density at radius 2 is 2.04 bits per heavy atom. The fourth-order valence-corrected chi connectivity index (χ4v) is 3.49. The standard InChI is InChI=1S/C17H17F2N3O2/c18-17(19)7-12(8-17)16(23)22-4-1-13-14(2-5-22)20-10-21-15(13)11-3-6-24-9-11/h3,6,9-10,12H,1-2,4-5,7-8H2. The van der Waals surface area contributed by atoms with Crippen LogP contribution in [0.5, 0.6) is 0 Å². The largest absolute Gasteiger partial charge is 0.472 e. The zero-order valence-corrected chi connectivity index (χ0v) is 13.0. The summed E-state index contributed by atoms with van der Waals surface area (Å²) in [6, 6.07) is 1.84. The van der Waals surface area contributed by atoms with Gasteiger partial charge in [0.2, 0.25) is 11.8 Å². The molecule has 0 saturated heterocycles. The molecule has 0 atom stereocenters. The van der Waals surface area contributed by atoms with E-state index in [1.54, 1.807) is 17.4 Å². The van der Waals surface area contributed by atoms with E-state index < -0.39 is 11.8 Å². The van der Waals surface area contributed by atoms with Crippen LogP contribution in [0, 0.1) is 5.92 Å².